The second-order valence-corrected chi connectivity index (χ2v) is 10.4. The van der Waals surface area contributed by atoms with Crippen molar-refractivity contribution in [1.82, 2.24) is 0 Å². The van der Waals surface area contributed by atoms with Crippen molar-refractivity contribution < 1.29 is 34.1 Å². The monoisotopic (exact) mass is 535 g/mol. The average molecular weight is 536 g/mol. The molecule has 0 aliphatic heterocycles. The predicted molar refractivity (Wildman–Crippen MR) is 151 cm³/mol. The van der Waals surface area contributed by atoms with Crippen LogP contribution in [0.25, 0.3) is 0 Å². The third-order valence-electron chi connectivity index (χ3n) is 6.58. The number of Topliss-reactive ketones (excluding diaryl/α,β-unsaturated/α-hetero) is 1. The molecule has 2 rings (SSSR count). The Kier molecular flexibility index (Phi) is 10.8. The van der Waals surface area contributed by atoms with Crippen molar-refractivity contribution in [2.75, 3.05) is 5.73 Å². The summed E-state index contributed by atoms with van der Waals surface area (Å²) in [6, 6.07) is 4.06. The molecular formula is C31H37NO7. The summed E-state index contributed by atoms with van der Waals surface area (Å²) in [5, 5.41) is 17.9. The number of ether oxygens (including phenoxy) is 1. The van der Waals surface area contributed by atoms with Crippen molar-refractivity contribution in [2.45, 2.75) is 66.4 Å². The molecule has 0 radical (unpaired) electrons. The fraction of sp³-hybridized carbons (Fsp3) is 0.355. The third-order valence-corrected chi connectivity index (χ3v) is 6.58. The smallest absolute Gasteiger partial charge is 0.372 e. The Labute approximate surface area is 229 Å². The molecule has 208 valence electrons. The number of ketones is 2. The largest absolute Gasteiger partial charge is 0.478 e. The molecule has 0 saturated heterocycles. The van der Waals surface area contributed by atoms with Crippen molar-refractivity contribution in [1.29, 1.82) is 0 Å². The number of anilines is 1. The summed E-state index contributed by atoms with van der Waals surface area (Å²) in [4.78, 5) is 46.2. The van der Waals surface area contributed by atoms with Gasteiger partial charge in [-0.1, -0.05) is 55.4 Å². The molecule has 0 fully saturated rings. The first-order valence-corrected chi connectivity index (χ1v) is 12.7. The van der Waals surface area contributed by atoms with Crippen LogP contribution < -0.4 is 10.5 Å². The molecule has 1 atom stereocenters. The minimum absolute atomic E-state index is 0.0201. The van der Waals surface area contributed by atoms with Crippen LogP contribution in [0, 0.1) is 5.41 Å². The number of nitrogens with two attached hydrogens (primary N) is 1. The van der Waals surface area contributed by atoms with E-state index in [4.69, 9.17) is 15.6 Å². The molecule has 39 heavy (non-hydrogen) atoms. The highest BCUT2D eigenvalue weighted by Gasteiger charge is 2.28. The predicted octanol–water partition coefficient (Wildman–Crippen LogP) is 5.86. The molecule has 1 unspecified atom stereocenters. The third kappa shape index (κ3) is 9.25. The van der Waals surface area contributed by atoms with Gasteiger partial charge < -0.3 is 20.7 Å². The van der Waals surface area contributed by atoms with Crippen molar-refractivity contribution in [3.8, 4) is 5.75 Å². The number of hydrogen-bond acceptors (Lipinski definition) is 6. The van der Waals surface area contributed by atoms with Crippen molar-refractivity contribution in [2.24, 2.45) is 5.41 Å². The summed E-state index contributed by atoms with van der Waals surface area (Å²) in [5.74, 6) is -4.96. The number of carbonyl (C=O) groups excluding carboxylic acids is 2. The molecule has 1 aliphatic rings. The Morgan fingerprint density at radius 2 is 1.79 bits per heavy atom. The fourth-order valence-corrected chi connectivity index (χ4v) is 4.37. The molecule has 1 aromatic rings. The summed E-state index contributed by atoms with van der Waals surface area (Å²) in [7, 11) is 0. The lowest BCUT2D eigenvalue weighted by atomic mass is 9.72. The van der Waals surface area contributed by atoms with Crippen molar-refractivity contribution >= 4 is 29.2 Å². The van der Waals surface area contributed by atoms with Crippen LogP contribution in [-0.4, -0.2) is 39.8 Å². The summed E-state index contributed by atoms with van der Waals surface area (Å²) in [6.07, 6.45) is 12.4. The van der Waals surface area contributed by atoms with E-state index >= 15 is 0 Å². The van der Waals surface area contributed by atoms with E-state index in [1.165, 1.54) is 48.3 Å². The Balaban J connectivity index is 2.07. The molecule has 0 bridgehead atoms. The SMILES string of the molecule is CC1=C(/C=C/C(C)=C/C=C/C(C)=C/C(=O)c2ccc(OC(CC(=O)C(=O)O)C(=O)O)c(N)c2)C(C)(C)CCC1. The molecule has 8 heteroatoms. The van der Waals surface area contributed by atoms with E-state index in [9.17, 15) is 24.3 Å². The van der Waals surface area contributed by atoms with Gasteiger partial charge in [-0.15, -0.1) is 0 Å². The zero-order valence-corrected chi connectivity index (χ0v) is 23.1. The van der Waals surface area contributed by atoms with E-state index in [0.717, 1.165) is 17.6 Å². The van der Waals surface area contributed by atoms with E-state index in [2.05, 4.69) is 32.9 Å². The van der Waals surface area contributed by atoms with Crippen LogP contribution in [0.2, 0.25) is 0 Å². The second-order valence-electron chi connectivity index (χ2n) is 10.4. The number of carboxylic acid groups (broad SMARTS) is 2. The van der Waals surface area contributed by atoms with Gasteiger partial charge in [0.1, 0.15) is 5.75 Å². The van der Waals surface area contributed by atoms with Crippen LogP contribution in [0.1, 0.15) is 70.7 Å². The summed E-state index contributed by atoms with van der Waals surface area (Å²) >= 11 is 0. The zero-order chi connectivity index (χ0) is 29.3. The Bertz CT molecular complexity index is 1290. The van der Waals surface area contributed by atoms with E-state index in [0.29, 0.717) is 0 Å². The number of benzene rings is 1. The van der Waals surface area contributed by atoms with Gasteiger partial charge in [0.2, 0.25) is 11.9 Å². The lowest BCUT2D eigenvalue weighted by Gasteiger charge is -2.32. The molecule has 0 spiro atoms. The number of aliphatic carboxylic acids is 2. The topological polar surface area (TPSA) is 144 Å². The Hall–Kier alpha value is -4.20. The lowest BCUT2D eigenvalue weighted by molar-refractivity contribution is -0.153. The minimum Gasteiger partial charge on any atom is -0.478 e. The fourth-order valence-electron chi connectivity index (χ4n) is 4.37. The van der Waals surface area contributed by atoms with Crippen LogP contribution in [-0.2, 0) is 14.4 Å². The first-order valence-electron chi connectivity index (χ1n) is 12.7. The molecule has 0 amide bonds. The van der Waals surface area contributed by atoms with Crippen LogP contribution in [0.3, 0.4) is 0 Å². The normalized spacial score (nSPS) is 16.9. The number of allylic oxidation sites excluding steroid dienone is 10. The first kappa shape index (κ1) is 31.0. The molecule has 0 aromatic heterocycles. The van der Waals surface area contributed by atoms with Crippen molar-refractivity contribution in [3.63, 3.8) is 0 Å². The van der Waals surface area contributed by atoms with E-state index < -0.39 is 30.2 Å². The summed E-state index contributed by atoms with van der Waals surface area (Å²) < 4.78 is 5.23. The van der Waals surface area contributed by atoms with Gasteiger partial charge in [0, 0.05) is 5.56 Å². The van der Waals surface area contributed by atoms with Crippen molar-refractivity contribution in [3.05, 3.63) is 82.5 Å². The molecule has 0 saturated carbocycles. The number of hydrogen-bond donors (Lipinski definition) is 3. The van der Waals surface area contributed by atoms with E-state index in [1.807, 2.05) is 25.2 Å². The molecule has 8 nitrogen and oxygen atoms in total. The summed E-state index contributed by atoms with van der Waals surface area (Å²) in [6.45, 7) is 10.6. The number of carboxylic acids is 2. The maximum Gasteiger partial charge on any atom is 0.372 e. The van der Waals surface area contributed by atoms with Gasteiger partial charge in [0.25, 0.3) is 0 Å². The molecule has 1 aliphatic carbocycles. The quantitative estimate of drug-likeness (QED) is 0.0992. The number of rotatable bonds is 12. The molecule has 1 aromatic carbocycles. The van der Waals surface area contributed by atoms with Crippen LogP contribution in [0.15, 0.2) is 76.9 Å². The number of nitrogen functional groups attached to an aromatic ring is 1. The molecular weight excluding hydrogens is 498 g/mol. The van der Waals surface area contributed by atoms with Gasteiger partial charge in [0.05, 0.1) is 12.1 Å². The molecule has 4 N–H and O–H groups in total. The van der Waals surface area contributed by atoms with Crippen LogP contribution in [0.4, 0.5) is 5.69 Å². The van der Waals surface area contributed by atoms with Gasteiger partial charge in [-0.25, -0.2) is 9.59 Å². The van der Waals surface area contributed by atoms with Gasteiger partial charge in [-0.05, 0) is 80.9 Å². The zero-order valence-electron chi connectivity index (χ0n) is 23.1. The maximum atomic E-state index is 12.7. The standard InChI is InChI=1S/C31H37NO7/c1-19(11-13-23-21(3)10-7-15-31(23,4)5)8-6-9-20(2)16-25(33)22-12-14-27(24(32)17-22)39-28(30(37)38)18-26(34)29(35)36/h6,8-9,11-14,16-17,28H,7,10,15,18,32H2,1-5H3,(H,35,36)(H,37,38)/b9-6+,13-11+,19-8+,20-16+. The maximum absolute atomic E-state index is 12.7. The van der Waals surface area contributed by atoms with Gasteiger partial charge in [-0.2, -0.15) is 0 Å². The van der Waals surface area contributed by atoms with E-state index in [-0.39, 0.29) is 28.2 Å². The highest BCUT2D eigenvalue weighted by Crippen LogP contribution is 2.40. The average Bonchev–Trinajstić information content (AvgIpc) is 2.83. The van der Waals surface area contributed by atoms with E-state index in [1.54, 1.807) is 6.92 Å². The first-order chi connectivity index (χ1) is 18.2. The highest BCUT2D eigenvalue weighted by atomic mass is 16.5. The summed E-state index contributed by atoms with van der Waals surface area (Å²) in [5.41, 5.74) is 11.0. The Morgan fingerprint density at radius 3 is 2.38 bits per heavy atom. The second kappa shape index (κ2) is 13.6. The van der Waals surface area contributed by atoms with Crippen LogP contribution in [0.5, 0.6) is 5.75 Å². The van der Waals surface area contributed by atoms with Crippen LogP contribution >= 0.6 is 0 Å². The minimum atomic E-state index is -1.76. The van der Waals surface area contributed by atoms with Gasteiger partial charge in [0.15, 0.2) is 5.78 Å². The lowest BCUT2D eigenvalue weighted by Crippen LogP contribution is -2.32. The molecule has 0 heterocycles. The Morgan fingerprint density at radius 1 is 1.10 bits per heavy atom. The number of carbonyl (C=O) groups is 4. The highest BCUT2D eigenvalue weighted by molar-refractivity contribution is 6.33. The van der Waals surface area contributed by atoms with Gasteiger partial charge in [-0.3, -0.25) is 9.59 Å². The van der Waals surface area contributed by atoms with Gasteiger partial charge >= 0.3 is 11.9 Å².